The number of hydrogen-bond acceptors (Lipinski definition) is 2. The van der Waals surface area contributed by atoms with E-state index in [-0.39, 0.29) is 5.91 Å². The molecule has 2 fully saturated rings. The van der Waals surface area contributed by atoms with Crippen LogP contribution in [0.1, 0.15) is 45.4 Å². The van der Waals surface area contributed by atoms with Crippen LogP contribution < -0.4 is 10.6 Å². The fourth-order valence-electron chi connectivity index (χ4n) is 2.10. The highest BCUT2D eigenvalue weighted by molar-refractivity contribution is 5.78. The summed E-state index contributed by atoms with van der Waals surface area (Å²) in [5.41, 5.74) is 0.476. The van der Waals surface area contributed by atoms with Crippen LogP contribution in [0.25, 0.3) is 0 Å². The van der Waals surface area contributed by atoms with Crippen molar-refractivity contribution in [2.45, 2.75) is 51.5 Å². The molecule has 3 heteroatoms. The molecular formula is C12H22N2O. The van der Waals surface area contributed by atoms with Crippen LogP contribution in [0.5, 0.6) is 0 Å². The van der Waals surface area contributed by atoms with E-state index in [4.69, 9.17) is 0 Å². The predicted molar refractivity (Wildman–Crippen MR) is 60.6 cm³/mol. The van der Waals surface area contributed by atoms with Gasteiger partial charge in [-0.25, -0.2) is 0 Å². The maximum Gasteiger partial charge on any atom is 0.233 e. The SMILES string of the molecule is CCCC1(CNC(=O)CNC2CC2)CC1. The van der Waals surface area contributed by atoms with E-state index in [1.807, 2.05) is 0 Å². The molecule has 0 aromatic rings. The second-order valence-corrected chi connectivity index (χ2v) is 5.18. The van der Waals surface area contributed by atoms with Gasteiger partial charge in [-0.05, 0) is 37.5 Å². The van der Waals surface area contributed by atoms with E-state index >= 15 is 0 Å². The van der Waals surface area contributed by atoms with Crippen LogP contribution in [0.3, 0.4) is 0 Å². The molecular weight excluding hydrogens is 188 g/mol. The average Bonchev–Trinajstić information content (AvgIpc) is 3.09. The van der Waals surface area contributed by atoms with Crippen molar-refractivity contribution >= 4 is 5.91 Å². The van der Waals surface area contributed by atoms with Gasteiger partial charge in [-0.3, -0.25) is 4.79 Å². The summed E-state index contributed by atoms with van der Waals surface area (Å²) in [6.07, 6.45) is 7.59. The quantitative estimate of drug-likeness (QED) is 0.667. The van der Waals surface area contributed by atoms with Gasteiger partial charge in [-0.1, -0.05) is 13.3 Å². The largest absolute Gasteiger partial charge is 0.354 e. The van der Waals surface area contributed by atoms with Crippen LogP contribution in [0.2, 0.25) is 0 Å². The molecule has 0 heterocycles. The smallest absolute Gasteiger partial charge is 0.233 e. The molecule has 2 aliphatic rings. The first-order chi connectivity index (χ1) is 7.24. The molecule has 0 bridgehead atoms. The predicted octanol–water partition coefficient (Wildman–Crippen LogP) is 1.43. The van der Waals surface area contributed by atoms with Crippen molar-refractivity contribution in [2.75, 3.05) is 13.1 Å². The lowest BCUT2D eigenvalue weighted by Gasteiger charge is -2.14. The van der Waals surface area contributed by atoms with Crippen LogP contribution >= 0.6 is 0 Å². The fraction of sp³-hybridized carbons (Fsp3) is 0.917. The summed E-state index contributed by atoms with van der Waals surface area (Å²) in [4.78, 5) is 11.5. The number of nitrogens with one attached hydrogen (secondary N) is 2. The van der Waals surface area contributed by atoms with E-state index in [0.29, 0.717) is 18.0 Å². The maximum atomic E-state index is 11.5. The highest BCUT2D eigenvalue weighted by atomic mass is 16.1. The van der Waals surface area contributed by atoms with Crippen molar-refractivity contribution in [2.24, 2.45) is 5.41 Å². The Balaban J connectivity index is 1.57. The van der Waals surface area contributed by atoms with Crippen molar-refractivity contribution in [1.29, 1.82) is 0 Å². The molecule has 0 aliphatic heterocycles. The summed E-state index contributed by atoms with van der Waals surface area (Å²) in [5.74, 6) is 0.171. The third-order valence-electron chi connectivity index (χ3n) is 3.53. The van der Waals surface area contributed by atoms with Crippen molar-refractivity contribution in [1.82, 2.24) is 10.6 Å². The molecule has 2 aliphatic carbocycles. The van der Waals surface area contributed by atoms with E-state index in [1.54, 1.807) is 0 Å². The molecule has 0 spiro atoms. The van der Waals surface area contributed by atoms with E-state index in [0.717, 1.165) is 6.54 Å². The second kappa shape index (κ2) is 4.52. The van der Waals surface area contributed by atoms with Crippen LogP contribution in [-0.4, -0.2) is 25.0 Å². The zero-order valence-corrected chi connectivity index (χ0v) is 9.64. The lowest BCUT2D eigenvalue weighted by molar-refractivity contribution is -0.120. The van der Waals surface area contributed by atoms with Crippen LogP contribution in [0, 0.1) is 5.41 Å². The monoisotopic (exact) mass is 210 g/mol. The molecule has 0 aromatic carbocycles. The standard InChI is InChI=1S/C12H22N2O/c1-2-5-12(6-7-12)9-14-11(15)8-13-10-3-4-10/h10,13H,2-9H2,1H3,(H,14,15). The van der Waals surface area contributed by atoms with Crippen molar-refractivity contribution in [3.63, 3.8) is 0 Å². The minimum Gasteiger partial charge on any atom is -0.354 e. The summed E-state index contributed by atoms with van der Waals surface area (Å²) in [6, 6.07) is 0.626. The molecule has 2 rings (SSSR count). The van der Waals surface area contributed by atoms with Gasteiger partial charge >= 0.3 is 0 Å². The third kappa shape index (κ3) is 3.49. The highest BCUT2D eigenvalue weighted by Crippen LogP contribution is 2.48. The van der Waals surface area contributed by atoms with Gasteiger partial charge in [0.2, 0.25) is 5.91 Å². The Labute approximate surface area is 92.0 Å². The summed E-state index contributed by atoms with van der Waals surface area (Å²) >= 11 is 0. The van der Waals surface area contributed by atoms with E-state index in [9.17, 15) is 4.79 Å². The second-order valence-electron chi connectivity index (χ2n) is 5.18. The maximum absolute atomic E-state index is 11.5. The molecule has 0 atom stereocenters. The summed E-state index contributed by atoms with van der Waals surface area (Å²) in [5, 5.41) is 6.28. The van der Waals surface area contributed by atoms with Gasteiger partial charge in [-0.2, -0.15) is 0 Å². The molecule has 15 heavy (non-hydrogen) atoms. The Bertz CT molecular complexity index is 232. The van der Waals surface area contributed by atoms with Gasteiger partial charge in [0.1, 0.15) is 0 Å². The average molecular weight is 210 g/mol. The van der Waals surface area contributed by atoms with E-state index in [1.165, 1.54) is 38.5 Å². The molecule has 2 N–H and O–H groups in total. The lowest BCUT2D eigenvalue weighted by Crippen LogP contribution is -2.37. The van der Waals surface area contributed by atoms with Crippen LogP contribution in [0.4, 0.5) is 0 Å². The Hall–Kier alpha value is -0.570. The van der Waals surface area contributed by atoms with Gasteiger partial charge in [0, 0.05) is 12.6 Å². The molecule has 0 unspecified atom stereocenters. The van der Waals surface area contributed by atoms with Gasteiger partial charge in [0.15, 0.2) is 0 Å². The van der Waals surface area contributed by atoms with Crippen molar-refractivity contribution < 1.29 is 4.79 Å². The molecule has 86 valence electrons. The number of amides is 1. The first kappa shape index (κ1) is 10.9. The number of carbonyl (C=O) groups excluding carboxylic acids is 1. The Morgan fingerprint density at radius 3 is 2.67 bits per heavy atom. The van der Waals surface area contributed by atoms with Crippen LogP contribution in [-0.2, 0) is 4.79 Å². The first-order valence-corrected chi connectivity index (χ1v) is 6.24. The number of carbonyl (C=O) groups is 1. The van der Waals surface area contributed by atoms with Crippen molar-refractivity contribution in [3.8, 4) is 0 Å². The number of hydrogen-bond donors (Lipinski definition) is 2. The Kier molecular flexibility index (Phi) is 3.29. The molecule has 3 nitrogen and oxygen atoms in total. The lowest BCUT2D eigenvalue weighted by atomic mass is 10.0. The van der Waals surface area contributed by atoms with E-state index in [2.05, 4.69) is 17.6 Å². The minimum absolute atomic E-state index is 0.171. The Morgan fingerprint density at radius 2 is 2.13 bits per heavy atom. The molecule has 0 aromatic heterocycles. The molecule has 0 radical (unpaired) electrons. The third-order valence-corrected chi connectivity index (χ3v) is 3.53. The topological polar surface area (TPSA) is 41.1 Å². The minimum atomic E-state index is 0.171. The number of rotatable bonds is 7. The van der Waals surface area contributed by atoms with E-state index < -0.39 is 0 Å². The Morgan fingerprint density at radius 1 is 1.40 bits per heavy atom. The fourth-order valence-corrected chi connectivity index (χ4v) is 2.10. The van der Waals surface area contributed by atoms with Crippen LogP contribution in [0.15, 0.2) is 0 Å². The zero-order chi connectivity index (χ0) is 10.7. The highest BCUT2D eigenvalue weighted by Gasteiger charge is 2.41. The summed E-state index contributed by atoms with van der Waals surface area (Å²) in [6.45, 7) is 3.62. The zero-order valence-electron chi connectivity index (χ0n) is 9.64. The van der Waals surface area contributed by atoms with Crippen molar-refractivity contribution in [3.05, 3.63) is 0 Å². The van der Waals surface area contributed by atoms with Gasteiger partial charge in [0.05, 0.1) is 6.54 Å². The summed E-state index contributed by atoms with van der Waals surface area (Å²) < 4.78 is 0. The first-order valence-electron chi connectivity index (χ1n) is 6.24. The normalized spacial score (nSPS) is 22.5. The molecule has 0 saturated heterocycles. The molecule has 2 saturated carbocycles. The molecule has 1 amide bonds. The van der Waals surface area contributed by atoms with Gasteiger partial charge in [-0.15, -0.1) is 0 Å². The summed E-state index contributed by atoms with van der Waals surface area (Å²) in [7, 11) is 0. The van der Waals surface area contributed by atoms with Gasteiger partial charge in [0.25, 0.3) is 0 Å². The van der Waals surface area contributed by atoms with Gasteiger partial charge < -0.3 is 10.6 Å².